The van der Waals surface area contributed by atoms with Gasteiger partial charge in [-0.3, -0.25) is 4.79 Å². The summed E-state index contributed by atoms with van der Waals surface area (Å²) in [7, 11) is 3.48. The zero-order valence-electron chi connectivity index (χ0n) is 14.0. The predicted molar refractivity (Wildman–Crippen MR) is 98.3 cm³/mol. The summed E-state index contributed by atoms with van der Waals surface area (Å²) in [6, 6.07) is 13.8. The van der Waals surface area contributed by atoms with E-state index in [1.807, 2.05) is 56.4 Å². The molecule has 23 heavy (non-hydrogen) atoms. The number of methoxy groups -OCH3 is 1. The van der Waals surface area contributed by atoms with E-state index >= 15 is 0 Å². The number of para-hydroxylation sites is 1. The van der Waals surface area contributed by atoms with Crippen LogP contribution in [0.2, 0.25) is 0 Å². The molecule has 0 aliphatic rings. The third-order valence-corrected chi connectivity index (χ3v) is 4.94. The fraction of sp³-hybridized carbons (Fsp3) is 0.316. The lowest BCUT2D eigenvalue weighted by Crippen LogP contribution is -2.27. The maximum absolute atomic E-state index is 12.6. The van der Waals surface area contributed by atoms with E-state index in [0.29, 0.717) is 6.42 Å². The van der Waals surface area contributed by atoms with Gasteiger partial charge in [0.2, 0.25) is 5.91 Å². The molecule has 0 aliphatic heterocycles. The van der Waals surface area contributed by atoms with E-state index in [4.69, 9.17) is 4.74 Å². The molecule has 0 radical (unpaired) electrons. The second-order valence-corrected chi connectivity index (χ2v) is 6.59. The Hall–Kier alpha value is -1.81. The number of hydrogen-bond donors (Lipinski definition) is 0. The maximum atomic E-state index is 12.6. The highest BCUT2D eigenvalue weighted by molar-refractivity contribution is 9.10. The molecule has 122 valence electrons. The second-order valence-electron chi connectivity index (χ2n) is 5.73. The Bertz CT molecular complexity index is 700. The van der Waals surface area contributed by atoms with Crippen molar-refractivity contribution in [2.45, 2.75) is 26.2 Å². The number of amides is 1. The van der Waals surface area contributed by atoms with Gasteiger partial charge in [-0.25, -0.2) is 0 Å². The van der Waals surface area contributed by atoms with Gasteiger partial charge in [0, 0.05) is 23.6 Å². The lowest BCUT2D eigenvalue weighted by atomic mass is 9.96. The van der Waals surface area contributed by atoms with Crippen LogP contribution in [0.3, 0.4) is 0 Å². The van der Waals surface area contributed by atoms with Crippen molar-refractivity contribution < 1.29 is 9.53 Å². The Balaban J connectivity index is 2.12. The first kappa shape index (κ1) is 17.5. The van der Waals surface area contributed by atoms with Crippen molar-refractivity contribution in [3.63, 3.8) is 0 Å². The van der Waals surface area contributed by atoms with Gasteiger partial charge in [-0.05, 0) is 48.2 Å². The lowest BCUT2D eigenvalue weighted by Gasteiger charge is -2.21. The molecule has 0 saturated heterocycles. The highest BCUT2D eigenvalue weighted by Crippen LogP contribution is 2.30. The van der Waals surface area contributed by atoms with Gasteiger partial charge in [0.15, 0.2) is 0 Å². The molecular formula is C19H22BrNO2. The minimum atomic E-state index is 0.0881. The van der Waals surface area contributed by atoms with E-state index in [-0.39, 0.29) is 11.8 Å². The van der Waals surface area contributed by atoms with E-state index < -0.39 is 0 Å². The van der Waals surface area contributed by atoms with Crippen molar-refractivity contribution in [1.29, 1.82) is 0 Å². The summed E-state index contributed by atoms with van der Waals surface area (Å²) in [5.41, 5.74) is 3.08. The van der Waals surface area contributed by atoms with Crippen molar-refractivity contribution in [3.8, 4) is 5.75 Å². The van der Waals surface area contributed by atoms with Crippen molar-refractivity contribution >= 4 is 27.5 Å². The number of benzene rings is 2. The van der Waals surface area contributed by atoms with Crippen LogP contribution < -0.4 is 9.64 Å². The Morgan fingerprint density at radius 2 is 1.96 bits per heavy atom. The van der Waals surface area contributed by atoms with Gasteiger partial charge in [-0.15, -0.1) is 0 Å². The fourth-order valence-corrected chi connectivity index (χ4v) is 2.81. The first-order valence-electron chi connectivity index (χ1n) is 7.59. The third kappa shape index (κ3) is 4.14. The highest BCUT2D eigenvalue weighted by atomic mass is 79.9. The number of carbonyl (C=O) groups is 1. The zero-order valence-corrected chi connectivity index (χ0v) is 15.6. The fourth-order valence-electron chi connectivity index (χ4n) is 2.56. The predicted octanol–water partition coefficient (Wildman–Crippen LogP) is 4.92. The molecule has 4 heteroatoms. The van der Waals surface area contributed by atoms with Crippen LogP contribution in [0.25, 0.3) is 0 Å². The van der Waals surface area contributed by atoms with Crippen LogP contribution in [0.5, 0.6) is 5.75 Å². The second kappa shape index (κ2) is 7.64. The van der Waals surface area contributed by atoms with E-state index in [0.717, 1.165) is 27.0 Å². The Morgan fingerprint density at radius 1 is 1.26 bits per heavy atom. The minimum Gasteiger partial charge on any atom is -0.496 e. The number of hydrogen-bond acceptors (Lipinski definition) is 2. The van der Waals surface area contributed by atoms with Gasteiger partial charge in [-0.1, -0.05) is 41.1 Å². The molecule has 0 bridgehead atoms. The molecule has 1 atom stereocenters. The normalized spacial score (nSPS) is 11.9. The zero-order chi connectivity index (χ0) is 17.0. The molecule has 1 unspecified atom stereocenters. The van der Waals surface area contributed by atoms with Crippen LogP contribution in [0, 0.1) is 6.92 Å². The van der Waals surface area contributed by atoms with Crippen LogP contribution in [0.1, 0.15) is 30.4 Å². The highest BCUT2D eigenvalue weighted by Gasteiger charge is 2.18. The average Bonchev–Trinajstić information content (AvgIpc) is 2.56. The number of carbonyl (C=O) groups excluding carboxylic acids is 1. The molecule has 2 aromatic rings. The molecule has 2 rings (SSSR count). The maximum Gasteiger partial charge on any atom is 0.227 e. The third-order valence-electron chi connectivity index (χ3n) is 4.05. The molecule has 0 N–H and O–H groups in total. The van der Waals surface area contributed by atoms with Crippen LogP contribution in [-0.2, 0) is 4.79 Å². The van der Waals surface area contributed by atoms with Gasteiger partial charge in [0.05, 0.1) is 7.11 Å². The first-order chi connectivity index (χ1) is 10.9. The van der Waals surface area contributed by atoms with Crippen molar-refractivity contribution in [2.24, 2.45) is 0 Å². The lowest BCUT2D eigenvalue weighted by molar-refractivity contribution is -0.118. The molecule has 1 amide bonds. The molecule has 2 aromatic carbocycles. The number of nitrogens with zero attached hydrogens (tertiary/aromatic N) is 1. The Kier molecular flexibility index (Phi) is 5.83. The van der Waals surface area contributed by atoms with Crippen LogP contribution in [0.15, 0.2) is 46.9 Å². The van der Waals surface area contributed by atoms with E-state index in [1.54, 1.807) is 12.0 Å². The van der Waals surface area contributed by atoms with E-state index in [2.05, 4.69) is 22.9 Å². The Morgan fingerprint density at radius 3 is 2.61 bits per heavy atom. The number of anilines is 1. The van der Waals surface area contributed by atoms with Crippen molar-refractivity contribution in [2.75, 3.05) is 19.1 Å². The molecular weight excluding hydrogens is 354 g/mol. The van der Waals surface area contributed by atoms with Gasteiger partial charge in [0.1, 0.15) is 5.75 Å². The smallest absolute Gasteiger partial charge is 0.227 e. The summed E-state index contributed by atoms with van der Waals surface area (Å²) in [5.74, 6) is 1.01. The van der Waals surface area contributed by atoms with Crippen molar-refractivity contribution in [3.05, 3.63) is 58.1 Å². The summed E-state index contributed by atoms with van der Waals surface area (Å²) in [6.45, 7) is 4.07. The molecule has 0 aromatic heterocycles. The van der Waals surface area contributed by atoms with Crippen molar-refractivity contribution in [1.82, 2.24) is 0 Å². The number of ether oxygens (including phenoxy) is 1. The molecule has 0 heterocycles. The quantitative estimate of drug-likeness (QED) is 0.741. The summed E-state index contributed by atoms with van der Waals surface area (Å²) in [5, 5.41) is 0. The Labute approximate surface area is 146 Å². The largest absolute Gasteiger partial charge is 0.496 e. The van der Waals surface area contributed by atoms with Gasteiger partial charge in [0.25, 0.3) is 0 Å². The summed E-state index contributed by atoms with van der Waals surface area (Å²) >= 11 is 3.48. The van der Waals surface area contributed by atoms with E-state index in [9.17, 15) is 4.79 Å². The summed E-state index contributed by atoms with van der Waals surface area (Å²) in [6.07, 6.45) is 0.436. The number of aryl methyl sites for hydroxylation is 1. The van der Waals surface area contributed by atoms with Crippen LogP contribution >= 0.6 is 15.9 Å². The van der Waals surface area contributed by atoms with Crippen LogP contribution in [-0.4, -0.2) is 20.1 Å². The SMILES string of the molecule is COc1ccccc1C(C)CC(=O)N(C)c1ccc(Br)c(C)c1. The monoisotopic (exact) mass is 375 g/mol. The summed E-state index contributed by atoms with van der Waals surface area (Å²) < 4.78 is 6.44. The topological polar surface area (TPSA) is 29.5 Å². The number of halogens is 1. The molecule has 0 saturated carbocycles. The van der Waals surface area contributed by atoms with Gasteiger partial charge in [-0.2, -0.15) is 0 Å². The minimum absolute atomic E-state index is 0.0881. The van der Waals surface area contributed by atoms with Gasteiger partial charge >= 0.3 is 0 Å². The average molecular weight is 376 g/mol. The van der Waals surface area contributed by atoms with Gasteiger partial charge < -0.3 is 9.64 Å². The number of rotatable bonds is 5. The molecule has 0 spiro atoms. The molecule has 3 nitrogen and oxygen atoms in total. The van der Waals surface area contributed by atoms with Crippen LogP contribution in [0.4, 0.5) is 5.69 Å². The first-order valence-corrected chi connectivity index (χ1v) is 8.39. The molecule has 0 fully saturated rings. The standard InChI is InChI=1S/C19H22BrNO2/c1-13(16-7-5-6-8-18(16)23-4)12-19(22)21(3)15-9-10-17(20)14(2)11-15/h5-11,13H,12H2,1-4H3. The summed E-state index contributed by atoms with van der Waals surface area (Å²) in [4.78, 5) is 14.3. The molecule has 0 aliphatic carbocycles. The van der Waals surface area contributed by atoms with E-state index in [1.165, 1.54) is 0 Å².